The fourth-order valence-corrected chi connectivity index (χ4v) is 3.13. The van der Waals surface area contributed by atoms with E-state index >= 15 is 0 Å². The fraction of sp³-hybridized carbons (Fsp3) is 0.368. The number of pyridine rings is 1. The summed E-state index contributed by atoms with van der Waals surface area (Å²) in [6, 6.07) is 6.40. The summed E-state index contributed by atoms with van der Waals surface area (Å²) < 4.78 is 45.9. The Balaban J connectivity index is 1.88. The Labute approximate surface area is 159 Å². The Morgan fingerprint density at radius 1 is 1.37 bits per heavy atom. The SMILES string of the molecule is Cc1ccc(-c2cc(Cl)nc3c2CCC(C(=O)NCC(C)(F)F)O3)c(F)c1. The number of carbonyl (C=O) groups excluding carboxylic acids is 1. The molecule has 1 aliphatic rings. The van der Waals surface area contributed by atoms with Gasteiger partial charge in [-0.25, -0.2) is 18.2 Å². The minimum atomic E-state index is -3.01. The summed E-state index contributed by atoms with van der Waals surface area (Å²) >= 11 is 6.05. The van der Waals surface area contributed by atoms with Gasteiger partial charge in [0.05, 0.1) is 6.54 Å². The van der Waals surface area contributed by atoms with Crippen molar-refractivity contribution in [2.24, 2.45) is 0 Å². The molecule has 2 heterocycles. The molecule has 0 fully saturated rings. The molecule has 3 rings (SSSR count). The number of benzene rings is 1. The van der Waals surface area contributed by atoms with Crippen LogP contribution < -0.4 is 10.1 Å². The molecule has 1 aliphatic heterocycles. The molecule has 0 saturated heterocycles. The van der Waals surface area contributed by atoms with Gasteiger partial charge in [0.15, 0.2) is 6.10 Å². The van der Waals surface area contributed by atoms with Crippen molar-refractivity contribution in [3.8, 4) is 17.0 Å². The summed E-state index contributed by atoms with van der Waals surface area (Å²) in [5.41, 5.74) is 2.32. The quantitative estimate of drug-likeness (QED) is 0.780. The molecule has 1 N–H and O–H groups in total. The average Bonchev–Trinajstić information content (AvgIpc) is 2.58. The van der Waals surface area contributed by atoms with Gasteiger partial charge >= 0.3 is 0 Å². The van der Waals surface area contributed by atoms with Gasteiger partial charge in [0.1, 0.15) is 11.0 Å². The molecule has 1 amide bonds. The summed E-state index contributed by atoms with van der Waals surface area (Å²) in [6.07, 6.45) is -0.317. The predicted molar refractivity (Wildman–Crippen MR) is 95.7 cm³/mol. The van der Waals surface area contributed by atoms with Crippen molar-refractivity contribution in [3.05, 3.63) is 46.4 Å². The number of alkyl halides is 2. The van der Waals surface area contributed by atoms with Crippen LogP contribution in [0.5, 0.6) is 5.88 Å². The van der Waals surface area contributed by atoms with E-state index in [1.165, 1.54) is 6.07 Å². The number of carbonyl (C=O) groups is 1. The molecule has 1 unspecified atom stereocenters. The predicted octanol–water partition coefficient (Wildman–Crippen LogP) is 4.31. The zero-order valence-corrected chi connectivity index (χ0v) is 15.5. The van der Waals surface area contributed by atoms with E-state index in [2.05, 4.69) is 10.3 Å². The first kappa shape index (κ1) is 19.5. The molecule has 8 heteroatoms. The Kier molecular flexibility index (Phi) is 5.33. The van der Waals surface area contributed by atoms with Gasteiger partial charge < -0.3 is 10.1 Å². The van der Waals surface area contributed by atoms with E-state index in [4.69, 9.17) is 16.3 Å². The van der Waals surface area contributed by atoms with Gasteiger partial charge in [-0.1, -0.05) is 23.7 Å². The summed E-state index contributed by atoms with van der Waals surface area (Å²) in [5.74, 6) is -3.94. The molecular formula is C19H18ClF3N2O2. The third kappa shape index (κ3) is 4.53. The lowest BCUT2D eigenvalue weighted by molar-refractivity contribution is -0.130. The molecular weight excluding hydrogens is 381 g/mol. The van der Waals surface area contributed by atoms with Crippen LogP contribution in [0.4, 0.5) is 13.2 Å². The molecule has 0 radical (unpaired) electrons. The zero-order valence-electron chi connectivity index (χ0n) is 14.8. The van der Waals surface area contributed by atoms with Crippen molar-refractivity contribution < 1.29 is 22.7 Å². The van der Waals surface area contributed by atoms with Crippen molar-refractivity contribution in [2.75, 3.05) is 6.54 Å². The van der Waals surface area contributed by atoms with Crippen LogP contribution in [-0.2, 0) is 11.2 Å². The minimum absolute atomic E-state index is 0.0878. The second kappa shape index (κ2) is 7.38. The lowest BCUT2D eigenvalue weighted by Crippen LogP contribution is -2.44. The number of nitrogens with zero attached hydrogens (tertiary/aromatic N) is 1. The van der Waals surface area contributed by atoms with E-state index in [-0.39, 0.29) is 17.5 Å². The van der Waals surface area contributed by atoms with Gasteiger partial charge in [-0.2, -0.15) is 0 Å². The first-order valence-corrected chi connectivity index (χ1v) is 8.80. The maximum atomic E-state index is 14.4. The lowest BCUT2D eigenvalue weighted by Gasteiger charge is -2.26. The summed E-state index contributed by atoms with van der Waals surface area (Å²) in [6.45, 7) is 1.73. The van der Waals surface area contributed by atoms with E-state index in [9.17, 15) is 18.0 Å². The first-order chi connectivity index (χ1) is 12.6. The van der Waals surface area contributed by atoms with E-state index in [1.54, 1.807) is 25.1 Å². The zero-order chi connectivity index (χ0) is 19.8. The van der Waals surface area contributed by atoms with Crippen LogP contribution in [0.2, 0.25) is 5.15 Å². The molecule has 1 aromatic heterocycles. The number of nitrogens with one attached hydrogen (secondary N) is 1. The highest BCUT2D eigenvalue weighted by Gasteiger charge is 2.31. The molecule has 1 atom stereocenters. The number of halogens is 4. The summed E-state index contributed by atoms with van der Waals surface area (Å²) in [7, 11) is 0. The molecule has 1 aromatic carbocycles. The number of ether oxygens (including phenoxy) is 1. The lowest BCUT2D eigenvalue weighted by atomic mass is 9.94. The van der Waals surface area contributed by atoms with Gasteiger partial charge in [0.25, 0.3) is 11.8 Å². The first-order valence-electron chi connectivity index (χ1n) is 8.42. The molecule has 2 aromatic rings. The molecule has 4 nitrogen and oxygen atoms in total. The summed E-state index contributed by atoms with van der Waals surface area (Å²) in [5, 5.41) is 2.25. The number of rotatable bonds is 4. The second-order valence-electron chi connectivity index (χ2n) is 6.69. The number of aryl methyl sites for hydroxylation is 1. The second-order valence-corrected chi connectivity index (χ2v) is 7.08. The molecule has 0 aliphatic carbocycles. The Hall–Kier alpha value is -2.28. The van der Waals surface area contributed by atoms with Crippen molar-refractivity contribution in [1.82, 2.24) is 10.3 Å². The van der Waals surface area contributed by atoms with E-state index in [0.717, 1.165) is 5.56 Å². The Morgan fingerprint density at radius 3 is 2.78 bits per heavy atom. The van der Waals surface area contributed by atoms with Crippen LogP contribution in [0.3, 0.4) is 0 Å². The van der Waals surface area contributed by atoms with Crippen LogP contribution >= 0.6 is 11.6 Å². The van der Waals surface area contributed by atoms with Crippen LogP contribution in [-0.4, -0.2) is 29.5 Å². The highest BCUT2D eigenvalue weighted by atomic mass is 35.5. The maximum Gasteiger partial charge on any atom is 0.262 e. The van der Waals surface area contributed by atoms with Crippen LogP contribution in [0, 0.1) is 12.7 Å². The van der Waals surface area contributed by atoms with Crippen molar-refractivity contribution in [2.45, 2.75) is 38.7 Å². The van der Waals surface area contributed by atoms with Gasteiger partial charge in [0, 0.05) is 18.1 Å². The number of fused-ring (bicyclic) bond motifs is 1. The van der Waals surface area contributed by atoms with Gasteiger partial charge in [0.2, 0.25) is 5.88 Å². The summed E-state index contributed by atoms with van der Waals surface area (Å²) in [4.78, 5) is 16.2. The average molecular weight is 399 g/mol. The smallest absolute Gasteiger partial charge is 0.262 e. The van der Waals surface area contributed by atoms with Crippen LogP contribution in [0.25, 0.3) is 11.1 Å². The monoisotopic (exact) mass is 398 g/mol. The van der Waals surface area contributed by atoms with Crippen molar-refractivity contribution in [3.63, 3.8) is 0 Å². The number of aromatic nitrogens is 1. The third-order valence-corrected chi connectivity index (χ3v) is 4.44. The van der Waals surface area contributed by atoms with E-state index in [1.807, 2.05) is 0 Å². The van der Waals surface area contributed by atoms with Crippen molar-refractivity contribution >= 4 is 17.5 Å². The molecule has 27 heavy (non-hydrogen) atoms. The van der Waals surface area contributed by atoms with Crippen LogP contribution in [0.1, 0.15) is 24.5 Å². The molecule has 0 spiro atoms. The normalized spacial score (nSPS) is 16.4. The van der Waals surface area contributed by atoms with Gasteiger partial charge in [-0.05, 0) is 43.0 Å². The van der Waals surface area contributed by atoms with Gasteiger partial charge in [-0.3, -0.25) is 4.79 Å². The molecule has 0 saturated carbocycles. The number of amides is 1. The van der Waals surface area contributed by atoms with Crippen LogP contribution in [0.15, 0.2) is 24.3 Å². The fourth-order valence-electron chi connectivity index (χ4n) is 2.95. The maximum absolute atomic E-state index is 14.4. The highest BCUT2D eigenvalue weighted by Crippen LogP contribution is 2.37. The standard InChI is InChI=1S/C19H18ClF3N2O2/c1-10-3-4-11(14(21)7-10)13-8-16(20)25-18-12(13)5-6-15(27-18)17(26)24-9-19(2,22)23/h3-4,7-8,15H,5-6,9H2,1-2H3,(H,24,26). The number of hydrogen-bond donors (Lipinski definition) is 1. The molecule has 0 bridgehead atoms. The Bertz CT molecular complexity index is 884. The van der Waals surface area contributed by atoms with Crippen molar-refractivity contribution in [1.29, 1.82) is 0 Å². The number of hydrogen-bond acceptors (Lipinski definition) is 3. The minimum Gasteiger partial charge on any atom is -0.464 e. The highest BCUT2D eigenvalue weighted by molar-refractivity contribution is 6.29. The Morgan fingerprint density at radius 2 is 2.11 bits per heavy atom. The van der Waals surface area contributed by atoms with E-state index in [0.29, 0.717) is 30.0 Å². The molecule has 144 valence electrons. The van der Waals surface area contributed by atoms with E-state index < -0.39 is 30.3 Å². The third-order valence-electron chi connectivity index (χ3n) is 4.25. The largest absolute Gasteiger partial charge is 0.464 e. The topological polar surface area (TPSA) is 51.2 Å². The van der Waals surface area contributed by atoms with Gasteiger partial charge in [-0.15, -0.1) is 0 Å².